The average molecular weight is 420 g/mol. The molecule has 0 saturated carbocycles. The molecule has 1 aromatic heterocycles. The van der Waals surface area contributed by atoms with Gasteiger partial charge in [0.25, 0.3) is 5.56 Å². The van der Waals surface area contributed by atoms with Gasteiger partial charge in [-0.2, -0.15) is 0 Å². The number of fused-ring (bicyclic) bond motifs is 5. The van der Waals surface area contributed by atoms with E-state index >= 15 is 0 Å². The van der Waals surface area contributed by atoms with E-state index in [0.717, 1.165) is 36.2 Å². The van der Waals surface area contributed by atoms with Crippen molar-refractivity contribution in [2.45, 2.75) is 13.0 Å². The Bertz CT molecular complexity index is 1190. The highest BCUT2D eigenvalue weighted by Crippen LogP contribution is 2.41. The van der Waals surface area contributed by atoms with Crippen molar-refractivity contribution < 1.29 is 9.53 Å². The van der Waals surface area contributed by atoms with Crippen LogP contribution in [-0.2, 0) is 6.54 Å². The molecular formula is C25H29N3O3. The maximum Gasteiger partial charge on any atom is 0.258 e. The first-order valence-electron chi connectivity index (χ1n) is 10.7. The average Bonchev–Trinajstić information content (AvgIpc) is 3.02. The first kappa shape index (κ1) is 21.3. The van der Waals surface area contributed by atoms with Crippen molar-refractivity contribution >= 4 is 16.6 Å². The van der Waals surface area contributed by atoms with E-state index in [0.29, 0.717) is 35.4 Å². The van der Waals surface area contributed by atoms with Crippen molar-refractivity contribution in [3.63, 3.8) is 0 Å². The number of aromatic nitrogens is 1. The third kappa shape index (κ3) is 4.01. The summed E-state index contributed by atoms with van der Waals surface area (Å²) in [5.74, 6) is 0.684. The van der Waals surface area contributed by atoms with Gasteiger partial charge in [-0.05, 0) is 65.4 Å². The second-order valence-electron chi connectivity index (χ2n) is 8.57. The molecule has 1 aliphatic carbocycles. The van der Waals surface area contributed by atoms with Crippen molar-refractivity contribution in [3.05, 3.63) is 63.9 Å². The Hall–Kier alpha value is -2.96. The zero-order valence-electron chi connectivity index (χ0n) is 18.6. The Balaban J connectivity index is 1.85. The lowest BCUT2D eigenvalue weighted by Gasteiger charge is -2.17. The van der Waals surface area contributed by atoms with Crippen LogP contribution in [0.3, 0.4) is 0 Å². The van der Waals surface area contributed by atoms with Gasteiger partial charge in [0, 0.05) is 35.0 Å². The summed E-state index contributed by atoms with van der Waals surface area (Å²) in [5, 5.41) is 1.32. The predicted octanol–water partition coefficient (Wildman–Crippen LogP) is 3.11. The van der Waals surface area contributed by atoms with Crippen molar-refractivity contribution in [2.75, 3.05) is 47.9 Å². The molecule has 0 unspecified atom stereocenters. The first-order valence-corrected chi connectivity index (χ1v) is 10.7. The number of carbonyl (C=O) groups is 1. The van der Waals surface area contributed by atoms with Gasteiger partial charge in [-0.15, -0.1) is 0 Å². The number of pyridine rings is 1. The fourth-order valence-corrected chi connectivity index (χ4v) is 4.15. The van der Waals surface area contributed by atoms with Gasteiger partial charge in [-0.25, -0.2) is 0 Å². The summed E-state index contributed by atoms with van der Waals surface area (Å²) < 4.78 is 7.70. The number of likely N-dealkylation sites (N-methyl/N-ethyl adjacent to an activating group) is 1. The van der Waals surface area contributed by atoms with Crippen LogP contribution in [0, 0.1) is 0 Å². The van der Waals surface area contributed by atoms with Crippen LogP contribution >= 0.6 is 0 Å². The topological polar surface area (TPSA) is 54.8 Å². The first-order chi connectivity index (χ1) is 14.9. The minimum atomic E-state index is -0.0484. The van der Waals surface area contributed by atoms with E-state index in [1.165, 1.54) is 0 Å². The van der Waals surface area contributed by atoms with Gasteiger partial charge in [0.1, 0.15) is 12.4 Å². The highest BCUT2D eigenvalue weighted by Gasteiger charge is 2.32. The monoisotopic (exact) mass is 419 g/mol. The lowest BCUT2D eigenvalue weighted by atomic mass is 10.0. The molecule has 31 heavy (non-hydrogen) atoms. The molecule has 6 heteroatoms. The van der Waals surface area contributed by atoms with E-state index in [-0.39, 0.29) is 11.3 Å². The summed E-state index contributed by atoms with van der Waals surface area (Å²) >= 11 is 0. The summed E-state index contributed by atoms with van der Waals surface area (Å²) in [4.78, 5) is 31.0. The maximum absolute atomic E-state index is 13.4. The minimum absolute atomic E-state index is 0.0256. The molecule has 0 atom stereocenters. The predicted molar refractivity (Wildman–Crippen MR) is 124 cm³/mol. The maximum atomic E-state index is 13.4. The van der Waals surface area contributed by atoms with Crippen molar-refractivity contribution in [2.24, 2.45) is 0 Å². The van der Waals surface area contributed by atoms with Gasteiger partial charge in [0.05, 0.1) is 11.3 Å². The van der Waals surface area contributed by atoms with E-state index in [2.05, 4.69) is 9.80 Å². The molecule has 4 rings (SSSR count). The fourth-order valence-electron chi connectivity index (χ4n) is 4.15. The highest BCUT2D eigenvalue weighted by atomic mass is 16.5. The Morgan fingerprint density at radius 2 is 1.58 bits per heavy atom. The normalized spacial score (nSPS) is 12.6. The number of ether oxygens (including phenoxy) is 1. The molecule has 3 aromatic rings. The lowest BCUT2D eigenvalue weighted by Crippen LogP contribution is -2.25. The van der Waals surface area contributed by atoms with Crippen LogP contribution in [0.1, 0.15) is 22.3 Å². The number of hydrogen-bond acceptors (Lipinski definition) is 5. The molecule has 0 radical (unpaired) electrons. The second kappa shape index (κ2) is 8.65. The van der Waals surface area contributed by atoms with Gasteiger partial charge < -0.3 is 19.1 Å². The molecule has 0 aliphatic heterocycles. The molecule has 1 heterocycles. The van der Waals surface area contributed by atoms with Crippen LogP contribution in [0.25, 0.3) is 22.0 Å². The Morgan fingerprint density at radius 3 is 2.29 bits per heavy atom. The van der Waals surface area contributed by atoms with Crippen molar-refractivity contribution in [1.82, 2.24) is 14.4 Å². The lowest BCUT2D eigenvalue weighted by molar-refractivity contribution is 0.104. The third-order valence-electron chi connectivity index (χ3n) is 5.69. The van der Waals surface area contributed by atoms with Gasteiger partial charge in [-0.1, -0.05) is 18.2 Å². The number of hydrogen-bond donors (Lipinski definition) is 0. The largest absolute Gasteiger partial charge is 0.492 e. The van der Waals surface area contributed by atoms with Crippen LogP contribution < -0.4 is 10.3 Å². The van der Waals surface area contributed by atoms with E-state index in [4.69, 9.17) is 4.74 Å². The van der Waals surface area contributed by atoms with Crippen LogP contribution in [0.15, 0.2) is 47.3 Å². The fraction of sp³-hybridized carbons (Fsp3) is 0.360. The molecule has 6 nitrogen and oxygen atoms in total. The number of benzene rings is 2. The number of carbonyl (C=O) groups excluding carboxylic acids is 1. The number of ketones is 1. The number of nitrogens with zero attached hydrogens (tertiary/aromatic N) is 3. The Morgan fingerprint density at radius 1 is 0.871 bits per heavy atom. The molecule has 0 N–H and O–H groups in total. The smallest absolute Gasteiger partial charge is 0.258 e. The van der Waals surface area contributed by atoms with E-state index < -0.39 is 0 Å². The minimum Gasteiger partial charge on any atom is -0.492 e. The zero-order valence-corrected chi connectivity index (χ0v) is 18.6. The summed E-state index contributed by atoms with van der Waals surface area (Å²) in [6.07, 6.45) is 0.820. The molecule has 0 fully saturated rings. The van der Waals surface area contributed by atoms with Gasteiger partial charge in [-0.3, -0.25) is 9.59 Å². The Kier molecular flexibility index (Phi) is 5.94. The summed E-state index contributed by atoms with van der Waals surface area (Å²) in [5.41, 5.74) is 2.72. The van der Waals surface area contributed by atoms with Crippen LogP contribution in [0.4, 0.5) is 0 Å². The van der Waals surface area contributed by atoms with Crippen molar-refractivity contribution in [1.29, 1.82) is 0 Å². The Labute approximate surface area is 182 Å². The van der Waals surface area contributed by atoms with Gasteiger partial charge in [0.2, 0.25) is 0 Å². The molecular weight excluding hydrogens is 390 g/mol. The van der Waals surface area contributed by atoms with Crippen LogP contribution in [0.5, 0.6) is 5.75 Å². The van der Waals surface area contributed by atoms with Crippen LogP contribution in [-0.4, -0.2) is 68.0 Å². The van der Waals surface area contributed by atoms with E-state index in [9.17, 15) is 9.59 Å². The SMILES string of the molecule is CN(C)CCCn1c2c(c3ccccc3c1=O)C(=O)c1ccc(OCCN(C)C)cc1-2. The summed E-state index contributed by atoms with van der Waals surface area (Å²) in [6.45, 7) is 2.78. The number of rotatable bonds is 8. The van der Waals surface area contributed by atoms with Crippen molar-refractivity contribution in [3.8, 4) is 17.0 Å². The molecule has 0 spiro atoms. The molecule has 0 saturated heterocycles. The molecule has 162 valence electrons. The second-order valence-corrected chi connectivity index (χ2v) is 8.57. The molecule has 0 amide bonds. The van der Waals surface area contributed by atoms with Gasteiger partial charge in [0.15, 0.2) is 5.78 Å². The highest BCUT2D eigenvalue weighted by molar-refractivity contribution is 6.26. The molecule has 0 bridgehead atoms. The third-order valence-corrected chi connectivity index (χ3v) is 5.69. The van der Waals surface area contributed by atoms with Gasteiger partial charge >= 0.3 is 0 Å². The summed E-state index contributed by atoms with van der Waals surface area (Å²) in [7, 11) is 8.03. The standard InChI is InChI=1S/C25H29N3O3/c1-26(2)12-7-13-28-23-21-16-17(31-15-14-27(3)4)10-11-19(21)24(29)22(23)18-8-5-6-9-20(18)25(28)30/h5-6,8-11,16H,7,12-15H2,1-4H3. The van der Waals surface area contributed by atoms with E-state index in [1.807, 2.05) is 70.7 Å². The molecule has 2 aromatic carbocycles. The van der Waals surface area contributed by atoms with Crippen LogP contribution in [0.2, 0.25) is 0 Å². The molecule has 1 aliphatic rings. The van der Waals surface area contributed by atoms with E-state index in [1.54, 1.807) is 4.57 Å². The zero-order chi connectivity index (χ0) is 22.1. The quantitative estimate of drug-likeness (QED) is 0.439. The summed E-state index contributed by atoms with van der Waals surface area (Å²) in [6, 6.07) is 13.0.